The molecule has 0 saturated carbocycles. The molecule has 0 fully saturated rings. The Bertz CT molecular complexity index is 1280. The molecule has 4 aromatic carbocycles. The lowest BCUT2D eigenvalue weighted by Crippen LogP contribution is -1.93. The number of aromatic hydroxyl groups is 1. The number of phenols is 1. The van der Waals surface area contributed by atoms with Gasteiger partial charge in [-0.2, -0.15) is 0 Å². The number of fused-ring (bicyclic) bond motifs is 3. The van der Waals surface area contributed by atoms with E-state index in [1.54, 1.807) is 6.07 Å². The van der Waals surface area contributed by atoms with Crippen molar-refractivity contribution in [3.63, 3.8) is 0 Å². The first kappa shape index (κ1) is 15.7. The van der Waals surface area contributed by atoms with Crippen LogP contribution in [-0.2, 0) is 0 Å². The summed E-state index contributed by atoms with van der Waals surface area (Å²) in [6.45, 7) is 2.10. The maximum absolute atomic E-state index is 10.3. The van der Waals surface area contributed by atoms with Crippen LogP contribution in [0.3, 0.4) is 0 Å². The van der Waals surface area contributed by atoms with Crippen molar-refractivity contribution in [1.29, 1.82) is 0 Å². The van der Waals surface area contributed by atoms with Crippen molar-refractivity contribution in [3.8, 4) is 22.6 Å². The summed E-state index contributed by atoms with van der Waals surface area (Å²) >= 11 is 0. The summed E-state index contributed by atoms with van der Waals surface area (Å²) in [7, 11) is 0. The summed E-state index contributed by atoms with van der Waals surface area (Å²) in [5, 5.41) is 12.7. The van der Waals surface area contributed by atoms with Gasteiger partial charge in [0.25, 0.3) is 0 Å². The highest BCUT2D eigenvalue weighted by molar-refractivity contribution is 6.10. The molecule has 0 unspecified atom stereocenters. The molecule has 1 heterocycles. The van der Waals surface area contributed by atoms with E-state index in [0.717, 1.165) is 22.3 Å². The molecule has 0 aliphatic rings. The quantitative estimate of drug-likeness (QED) is 0.388. The molecule has 2 nitrogen and oxygen atoms in total. The molecule has 1 N–H and O–H groups in total. The summed E-state index contributed by atoms with van der Waals surface area (Å²) < 4.78 is 2.30. The Hall–Kier alpha value is -3.52. The Morgan fingerprint density at radius 3 is 2.19 bits per heavy atom. The van der Waals surface area contributed by atoms with Crippen LogP contribution < -0.4 is 0 Å². The Balaban J connectivity index is 1.86. The predicted octanol–water partition coefficient (Wildman–Crippen LogP) is 6.46. The number of benzene rings is 4. The van der Waals surface area contributed by atoms with Crippen molar-refractivity contribution in [2.24, 2.45) is 0 Å². The zero-order valence-electron chi connectivity index (χ0n) is 15.1. The lowest BCUT2D eigenvalue weighted by molar-refractivity contribution is 0.477. The molecule has 1 aromatic heterocycles. The molecule has 5 rings (SSSR count). The number of phenolic OH excluding ortho intramolecular Hbond substituents is 1. The molecule has 0 aliphatic carbocycles. The number of nitrogens with zero attached hydrogens (tertiary/aromatic N) is 1. The van der Waals surface area contributed by atoms with E-state index in [4.69, 9.17) is 0 Å². The van der Waals surface area contributed by atoms with Crippen molar-refractivity contribution in [1.82, 2.24) is 4.57 Å². The summed E-state index contributed by atoms with van der Waals surface area (Å²) in [5.41, 5.74) is 6.57. The Labute approximate surface area is 157 Å². The van der Waals surface area contributed by atoms with Gasteiger partial charge in [-0.25, -0.2) is 0 Å². The fourth-order valence-corrected chi connectivity index (χ4v) is 3.83. The van der Waals surface area contributed by atoms with Gasteiger partial charge in [-0.05, 0) is 42.8 Å². The highest BCUT2D eigenvalue weighted by Crippen LogP contribution is 2.36. The van der Waals surface area contributed by atoms with Crippen molar-refractivity contribution in [3.05, 3.63) is 96.6 Å². The summed E-state index contributed by atoms with van der Waals surface area (Å²) in [5.74, 6) is 0.301. The highest BCUT2D eigenvalue weighted by Gasteiger charge is 2.13. The SMILES string of the molecule is Cc1ccc(-n2c3ccccc3c3ccc(-c4ccccc4O)cc32)cc1. The van der Waals surface area contributed by atoms with Gasteiger partial charge in [0.2, 0.25) is 0 Å². The van der Waals surface area contributed by atoms with E-state index in [1.807, 2.05) is 18.2 Å². The number of para-hydroxylation sites is 2. The molecule has 0 amide bonds. The third-order valence-corrected chi connectivity index (χ3v) is 5.18. The minimum Gasteiger partial charge on any atom is -0.507 e. The van der Waals surface area contributed by atoms with Gasteiger partial charge in [-0.1, -0.05) is 66.2 Å². The molecule has 0 spiro atoms. The first-order chi connectivity index (χ1) is 13.2. The summed E-state index contributed by atoms with van der Waals surface area (Å²) in [6, 6.07) is 31.0. The van der Waals surface area contributed by atoms with E-state index < -0.39 is 0 Å². The number of hydrogen-bond acceptors (Lipinski definition) is 1. The minimum atomic E-state index is 0.301. The molecule has 0 atom stereocenters. The van der Waals surface area contributed by atoms with Gasteiger partial charge >= 0.3 is 0 Å². The Morgan fingerprint density at radius 2 is 1.37 bits per heavy atom. The van der Waals surface area contributed by atoms with E-state index in [1.165, 1.54) is 21.9 Å². The minimum absolute atomic E-state index is 0.301. The number of hydrogen-bond donors (Lipinski definition) is 1. The van der Waals surface area contributed by atoms with E-state index in [-0.39, 0.29) is 0 Å². The van der Waals surface area contributed by atoms with Crippen LogP contribution in [-0.4, -0.2) is 9.67 Å². The standard InChI is InChI=1S/C25H19NO/c1-17-10-13-19(14-11-17)26-23-8-4-2-7-21(23)22-15-12-18(16-24(22)26)20-6-3-5-9-25(20)27/h2-16,27H,1H3. The normalized spacial score (nSPS) is 11.3. The van der Waals surface area contributed by atoms with Gasteiger partial charge in [0, 0.05) is 22.0 Å². The number of aromatic nitrogens is 1. The van der Waals surface area contributed by atoms with Gasteiger partial charge in [0.15, 0.2) is 0 Å². The van der Waals surface area contributed by atoms with Crippen molar-refractivity contribution in [2.75, 3.05) is 0 Å². The molecule has 27 heavy (non-hydrogen) atoms. The first-order valence-electron chi connectivity index (χ1n) is 9.11. The van der Waals surface area contributed by atoms with Gasteiger partial charge in [0.1, 0.15) is 5.75 Å². The maximum atomic E-state index is 10.3. The molecule has 0 radical (unpaired) electrons. The van der Waals surface area contributed by atoms with Crippen LogP contribution in [0.4, 0.5) is 0 Å². The second-order valence-corrected chi connectivity index (χ2v) is 6.94. The van der Waals surface area contributed by atoms with Crippen LogP contribution >= 0.6 is 0 Å². The van der Waals surface area contributed by atoms with E-state index >= 15 is 0 Å². The van der Waals surface area contributed by atoms with E-state index in [2.05, 4.69) is 78.2 Å². The van der Waals surface area contributed by atoms with Crippen LogP contribution in [0.1, 0.15) is 5.56 Å². The third-order valence-electron chi connectivity index (χ3n) is 5.18. The fraction of sp³-hybridized carbons (Fsp3) is 0.0400. The van der Waals surface area contributed by atoms with Crippen LogP contribution in [0.5, 0.6) is 5.75 Å². The summed E-state index contributed by atoms with van der Waals surface area (Å²) in [6.07, 6.45) is 0. The van der Waals surface area contributed by atoms with E-state index in [0.29, 0.717) is 5.75 Å². The molecule has 5 aromatic rings. The average Bonchev–Trinajstić information content (AvgIpc) is 3.03. The smallest absolute Gasteiger partial charge is 0.123 e. The summed E-state index contributed by atoms with van der Waals surface area (Å²) in [4.78, 5) is 0. The first-order valence-corrected chi connectivity index (χ1v) is 9.11. The zero-order valence-corrected chi connectivity index (χ0v) is 15.1. The Kier molecular flexibility index (Phi) is 3.51. The van der Waals surface area contributed by atoms with Crippen LogP contribution in [0, 0.1) is 6.92 Å². The van der Waals surface area contributed by atoms with Crippen molar-refractivity contribution < 1.29 is 5.11 Å². The lowest BCUT2D eigenvalue weighted by atomic mass is 10.0. The van der Waals surface area contributed by atoms with Gasteiger partial charge in [-0.15, -0.1) is 0 Å². The molecule has 0 saturated heterocycles. The maximum Gasteiger partial charge on any atom is 0.123 e. The second-order valence-electron chi connectivity index (χ2n) is 6.94. The van der Waals surface area contributed by atoms with Crippen LogP contribution in [0.2, 0.25) is 0 Å². The monoisotopic (exact) mass is 349 g/mol. The molecule has 0 aliphatic heterocycles. The third kappa shape index (κ3) is 2.49. The van der Waals surface area contributed by atoms with Crippen LogP contribution in [0.15, 0.2) is 91.0 Å². The van der Waals surface area contributed by atoms with Gasteiger partial charge < -0.3 is 9.67 Å². The van der Waals surface area contributed by atoms with Gasteiger partial charge in [0.05, 0.1) is 11.0 Å². The van der Waals surface area contributed by atoms with E-state index in [9.17, 15) is 5.11 Å². The van der Waals surface area contributed by atoms with Crippen molar-refractivity contribution >= 4 is 21.8 Å². The predicted molar refractivity (Wildman–Crippen MR) is 113 cm³/mol. The topological polar surface area (TPSA) is 25.2 Å². The lowest BCUT2D eigenvalue weighted by Gasteiger charge is -2.10. The van der Waals surface area contributed by atoms with Gasteiger partial charge in [-0.3, -0.25) is 0 Å². The fourth-order valence-electron chi connectivity index (χ4n) is 3.83. The second kappa shape index (κ2) is 6.03. The number of rotatable bonds is 2. The van der Waals surface area contributed by atoms with Crippen LogP contribution in [0.25, 0.3) is 38.6 Å². The highest BCUT2D eigenvalue weighted by atomic mass is 16.3. The largest absolute Gasteiger partial charge is 0.507 e. The molecule has 0 bridgehead atoms. The zero-order chi connectivity index (χ0) is 18.4. The average molecular weight is 349 g/mol. The molecule has 2 heteroatoms. The molecule has 130 valence electrons. The Morgan fingerprint density at radius 1 is 0.667 bits per heavy atom. The molecular formula is C25H19NO. The number of aryl methyl sites for hydroxylation is 1. The van der Waals surface area contributed by atoms with Crippen molar-refractivity contribution in [2.45, 2.75) is 6.92 Å². The molecular weight excluding hydrogens is 330 g/mol.